The van der Waals surface area contributed by atoms with Gasteiger partial charge in [0.15, 0.2) is 12.0 Å². The Bertz CT molecular complexity index is 1350. The molecule has 220 valence electrons. The molecule has 0 spiro atoms. The number of benzene rings is 1. The smallest absolute Gasteiger partial charge is 0.176 e. The van der Waals surface area contributed by atoms with E-state index in [-0.39, 0.29) is 17.5 Å². The van der Waals surface area contributed by atoms with Crippen molar-refractivity contribution in [3.05, 3.63) is 70.3 Å². The SMILES string of the molecule is C1CCCC1.COC1=C(c2cc(C(=O)CCC/C=C3/Nc4cc(F)c(C(C)C)cc4N3C)cc(C)n2)C=[N+](C)CC1. The van der Waals surface area contributed by atoms with Gasteiger partial charge in [-0.1, -0.05) is 46.0 Å². The van der Waals surface area contributed by atoms with Crippen LogP contribution >= 0.6 is 0 Å². The quantitative estimate of drug-likeness (QED) is 0.202. The first-order valence-corrected chi connectivity index (χ1v) is 15.1. The van der Waals surface area contributed by atoms with Crippen LogP contribution in [-0.4, -0.2) is 49.3 Å². The molecule has 0 amide bonds. The van der Waals surface area contributed by atoms with Gasteiger partial charge in [-0.05, 0) is 61.6 Å². The van der Waals surface area contributed by atoms with Gasteiger partial charge in [-0.15, -0.1) is 0 Å². The van der Waals surface area contributed by atoms with Crippen molar-refractivity contribution in [3.63, 3.8) is 0 Å². The van der Waals surface area contributed by atoms with Crippen LogP contribution in [0.4, 0.5) is 15.8 Å². The second-order valence-electron chi connectivity index (χ2n) is 11.7. The number of ether oxygens (including phenoxy) is 1. The number of anilines is 2. The number of allylic oxidation sites excluding steroid dienone is 2. The number of nitrogens with one attached hydrogen (secondary N) is 1. The summed E-state index contributed by atoms with van der Waals surface area (Å²) in [5, 5.41) is 3.30. The lowest BCUT2D eigenvalue weighted by Gasteiger charge is -2.15. The van der Waals surface area contributed by atoms with E-state index in [1.165, 1.54) is 32.1 Å². The van der Waals surface area contributed by atoms with Crippen LogP contribution in [0.1, 0.15) is 105 Å². The van der Waals surface area contributed by atoms with E-state index in [1.807, 2.05) is 64.2 Å². The van der Waals surface area contributed by atoms with Crippen molar-refractivity contribution in [2.45, 2.75) is 84.5 Å². The Balaban J connectivity index is 0.000000699. The normalized spacial score (nSPS) is 17.3. The van der Waals surface area contributed by atoms with Crippen LogP contribution in [-0.2, 0) is 4.74 Å². The number of unbranched alkanes of at least 4 members (excludes halogenated alkanes) is 1. The van der Waals surface area contributed by atoms with Crippen molar-refractivity contribution in [1.82, 2.24) is 4.98 Å². The summed E-state index contributed by atoms with van der Waals surface area (Å²) in [4.78, 5) is 19.8. The van der Waals surface area contributed by atoms with Gasteiger partial charge in [-0.2, -0.15) is 0 Å². The minimum absolute atomic E-state index is 0.101. The monoisotopic (exact) mass is 561 g/mol. The largest absolute Gasteiger partial charge is 0.500 e. The van der Waals surface area contributed by atoms with E-state index in [9.17, 15) is 9.18 Å². The molecule has 2 aliphatic heterocycles. The van der Waals surface area contributed by atoms with Gasteiger partial charge < -0.3 is 15.0 Å². The predicted molar refractivity (Wildman–Crippen MR) is 166 cm³/mol. The van der Waals surface area contributed by atoms with E-state index >= 15 is 0 Å². The Morgan fingerprint density at radius 2 is 1.88 bits per heavy atom. The van der Waals surface area contributed by atoms with Crippen molar-refractivity contribution in [2.75, 3.05) is 38.0 Å². The molecule has 7 heteroatoms. The van der Waals surface area contributed by atoms with Gasteiger partial charge in [0, 0.05) is 24.7 Å². The Morgan fingerprint density at radius 3 is 2.54 bits per heavy atom. The van der Waals surface area contributed by atoms with Crippen LogP contribution in [0.2, 0.25) is 0 Å². The lowest BCUT2D eigenvalue weighted by atomic mass is 10.0. The van der Waals surface area contributed by atoms with E-state index in [0.29, 0.717) is 17.5 Å². The number of ketones is 1. The fourth-order valence-corrected chi connectivity index (χ4v) is 5.63. The number of aryl methyl sites for hydroxylation is 1. The van der Waals surface area contributed by atoms with Crippen LogP contribution < -0.4 is 10.2 Å². The van der Waals surface area contributed by atoms with Gasteiger partial charge in [0.25, 0.3) is 0 Å². The molecule has 0 bridgehead atoms. The van der Waals surface area contributed by atoms with E-state index < -0.39 is 0 Å². The minimum atomic E-state index is -0.186. The summed E-state index contributed by atoms with van der Waals surface area (Å²) >= 11 is 0. The summed E-state index contributed by atoms with van der Waals surface area (Å²) in [5.41, 5.74) is 5.65. The van der Waals surface area contributed by atoms with E-state index in [4.69, 9.17) is 4.74 Å². The zero-order valence-corrected chi connectivity index (χ0v) is 25.6. The minimum Gasteiger partial charge on any atom is -0.500 e. The molecule has 0 radical (unpaired) electrons. The zero-order chi connectivity index (χ0) is 29.5. The summed E-state index contributed by atoms with van der Waals surface area (Å²) in [6, 6.07) is 7.22. The molecule has 3 aliphatic rings. The molecule has 41 heavy (non-hydrogen) atoms. The lowest BCUT2D eigenvalue weighted by Crippen LogP contribution is -2.18. The van der Waals surface area contributed by atoms with Crippen LogP contribution in [0.3, 0.4) is 0 Å². The summed E-state index contributed by atoms with van der Waals surface area (Å²) in [6.07, 6.45) is 14.3. The van der Waals surface area contributed by atoms with Gasteiger partial charge in [-0.25, -0.2) is 8.97 Å². The molecule has 0 atom stereocenters. The highest BCUT2D eigenvalue weighted by Crippen LogP contribution is 2.39. The molecule has 1 fully saturated rings. The van der Waals surface area contributed by atoms with Crippen molar-refractivity contribution in [3.8, 4) is 0 Å². The van der Waals surface area contributed by atoms with Crippen molar-refractivity contribution < 1.29 is 18.5 Å². The molecule has 1 N–H and O–H groups in total. The zero-order valence-electron chi connectivity index (χ0n) is 25.6. The summed E-state index contributed by atoms with van der Waals surface area (Å²) in [6.45, 7) is 6.79. The molecule has 1 aromatic carbocycles. The first kappa shape index (κ1) is 30.5. The first-order chi connectivity index (χ1) is 19.7. The molecular formula is C34H46FN4O2+. The molecule has 1 aromatic heterocycles. The van der Waals surface area contributed by atoms with Crippen LogP contribution in [0, 0.1) is 12.7 Å². The number of hydrogen-bond donors (Lipinski definition) is 1. The number of fused-ring (bicyclic) bond motifs is 1. The number of halogens is 1. The number of carbonyl (C=O) groups excluding carboxylic acids is 1. The van der Waals surface area contributed by atoms with E-state index in [0.717, 1.165) is 65.7 Å². The maximum atomic E-state index is 14.4. The number of aromatic nitrogens is 1. The number of hydrogen-bond acceptors (Lipinski definition) is 5. The van der Waals surface area contributed by atoms with Gasteiger partial charge in [0.05, 0.1) is 30.6 Å². The average Bonchev–Trinajstić information content (AvgIpc) is 3.62. The molecule has 0 unspecified atom stereocenters. The van der Waals surface area contributed by atoms with E-state index in [1.54, 1.807) is 13.2 Å². The molecule has 6 nitrogen and oxygen atoms in total. The Hall–Kier alpha value is -3.48. The summed E-state index contributed by atoms with van der Waals surface area (Å²) in [5.74, 6) is 1.84. The van der Waals surface area contributed by atoms with Crippen molar-refractivity contribution >= 4 is 28.9 Å². The molecular weight excluding hydrogens is 515 g/mol. The second kappa shape index (κ2) is 13.9. The summed E-state index contributed by atoms with van der Waals surface area (Å²) in [7, 11) is 5.68. The van der Waals surface area contributed by atoms with Crippen LogP contribution in [0.5, 0.6) is 0 Å². The first-order valence-electron chi connectivity index (χ1n) is 15.1. The Kier molecular flexibility index (Phi) is 10.4. The van der Waals surface area contributed by atoms with Crippen LogP contribution in [0.25, 0.3) is 5.57 Å². The number of pyridine rings is 1. The third kappa shape index (κ3) is 7.63. The average molecular weight is 562 g/mol. The molecule has 0 saturated heterocycles. The lowest BCUT2D eigenvalue weighted by molar-refractivity contribution is -0.492. The molecule has 2 aromatic rings. The summed E-state index contributed by atoms with van der Waals surface area (Å²) < 4.78 is 22.1. The number of methoxy groups -OCH3 is 1. The highest BCUT2D eigenvalue weighted by atomic mass is 19.1. The van der Waals surface area contributed by atoms with Crippen molar-refractivity contribution in [2.24, 2.45) is 0 Å². The fourth-order valence-electron chi connectivity index (χ4n) is 5.63. The fraction of sp³-hybridized carbons (Fsp3) is 0.500. The Morgan fingerprint density at radius 1 is 1.17 bits per heavy atom. The number of nitrogens with zero attached hydrogens (tertiary/aromatic N) is 3. The maximum absolute atomic E-state index is 14.4. The molecule has 1 aliphatic carbocycles. The van der Waals surface area contributed by atoms with Gasteiger partial charge in [0.2, 0.25) is 0 Å². The van der Waals surface area contributed by atoms with Gasteiger partial charge in [0.1, 0.15) is 36.6 Å². The van der Waals surface area contributed by atoms with Crippen molar-refractivity contribution in [1.29, 1.82) is 0 Å². The molecule has 3 heterocycles. The Labute approximate surface area is 245 Å². The molecule has 1 saturated carbocycles. The maximum Gasteiger partial charge on any atom is 0.176 e. The van der Waals surface area contributed by atoms with Crippen LogP contribution in [0.15, 0.2) is 41.9 Å². The molecule has 5 rings (SSSR count). The predicted octanol–water partition coefficient (Wildman–Crippen LogP) is 7.83. The third-order valence-electron chi connectivity index (χ3n) is 8.06. The van der Waals surface area contributed by atoms with E-state index in [2.05, 4.69) is 21.0 Å². The highest BCUT2D eigenvalue weighted by Gasteiger charge is 2.24. The standard InChI is InChI=1S/C29H36FN4O2.C5H10/c1-18(2)21-15-26-25(16-23(21)30)32-29(34(26)5)10-8-7-9-27(35)20-13-19(3)31-24(14-20)22-17-33(4)12-11-28(22)36-6;1-2-4-5-3-1/h10,13-18,32H,7-9,11-12H2,1-6H3;1-5H2/q+1;/b29-10-;. The number of rotatable bonds is 8. The number of carbonyl (C=O) groups is 1. The highest BCUT2D eigenvalue weighted by molar-refractivity contribution is 6.08. The van der Waals surface area contributed by atoms with Gasteiger partial charge >= 0.3 is 0 Å². The topological polar surface area (TPSA) is 57.5 Å². The third-order valence-corrected chi connectivity index (χ3v) is 8.06. The van der Waals surface area contributed by atoms with Gasteiger partial charge in [-0.3, -0.25) is 9.78 Å². The number of Topliss-reactive ketones (excluding diaryl/α,β-unsaturated/α-hetero) is 1. The second-order valence-corrected chi connectivity index (χ2v) is 11.7.